The molecule has 2 N–H and O–H groups in total. The molecule has 0 aromatic heterocycles. The van der Waals surface area contributed by atoms with Gasteiger partial charge >= 0.3 is 0 Å². The molecule has 1 amide bonds. The summed E-state index contributed by atoms with van der Waals surface area (Å²) in [6, 6.07) is 12.4. The van der Waals surface area contributed by atoms with Gasteiger partial charge in [-0.05, 0) is 36.2 Å². The number of hydrogen-bond acceptors (Lipinski definition) is 5. The van der Waals surface area contributed by atoms with Crippen molar-refractivity contribution in [2.75, 3.05) is 20.3 Å². The molecule has 0 bridgehead atoms. The van der Waals surface area contributed by atoms with Crippen molar-refractivity contribution in [2.24, 2.45) is 0 Å². The Morgan fingerprint density at radius 1 is 1.11 bits per heavy atom. The highest BCUT2D eigenvalue weighted by Gasteiger charge is 2.45. The maximum Gasteiger partial charge on any atom is 0.295 e. The van der Waals surface area contributed by atoms with Gasteiger partial charge < -0.3 is 19.8 Å². The van der Waals surface area contributed by atoms with Crippen LogP contribution in [0.5, 0.6) is 5.75 Å². The third kappa shape index (κ3) is 3.95. The van der Waals surface area contributed by atoms with Crippen LogP contribution in [0.4, 0.5) is 0 Å². The fourth-order valence-corrected chi connectivity index (χ4v) is 3.52. The van der Waals surface area contributed by atoms with Crippen LogP contribution in [0, 0.1) is 0 Å². The maximum absolute atomic E-state index is 12.8. The molecule has 1 unspecified atom stereocenters. The molecule has 7 heteroatoms. The van der Waals surface area contributed by atoms with Gasteiger partial charge in [-0.15, -0.1) is 0 Å². The minimum Gasteiger partial charge on any atom is -0.508 e. The fraction of sp³-hybridized carbons (Fsp3) is 0.238. The highest BCUT2D eigenvalue weighted by molar-refractivity contribution is 9.10. The second-order valence-electron chi connectivity index (χ2n) is 6.44. The molecule has 1 fully saturated rings. The van der Waals surface area contributed by atoms with Gasteiger partial charge in [-0.3, -0.25) is 9.59 Å². The smallest absolute Gasteiger partial charge is 0.295 e. The number of nitrogens with zero attached hydrogens (tertiary/aromatic N) is 1. The summed E-state index contributed by atoms with van der Waals surface area (Å²) in [4.78, 5) is 26.9. The third-order valence-electron chi connectivity index (χ3n) is 4.61. The van der Waals surface area contributed by atoms with Crippen LogP contribution in [-0.2, 0) is 14.3 Å². The van der Waals surface area contributed by atoms with Crippen LogP contribution in [-0.4, -0.2) is 47.1 Å². The molecule has 0 aliphatic carbocycles. The summed E-state index contributed by atoms with van der Waals surface area (Å²) in [7, 11) is 1.57. The van der Waals surface area contributed by atoms with Crippen LogP contribution in [0.1, 0.15) is 23.6 Å². The second-order valence-corrected chi connectivity index (χ2v) is 7.35. The molecule has 6 nitrogen and oxygen atoms in total. The number of carbonyl (C=O) groups is 2. The average molecular weight is 446 g/mol. The van der Waals surface area contributed by atoms with Gasteiger partial charge in [-0.25, -0.2) is 0 Å². The van der Waals surface area contributed by atoms with E-state index in [1.165, 1.54) is 17.0 Å². The number of rotatable bonds is 6. The van der Waals surface area contributed by atoms with Crippen molar-refractivity contribution in [3.63, 3.8) is 0 Å². The lowest BCUT2D eigenvalue weighted by molar-refractivity contribution is -0.140. The Morgan fingerprint density at radius 3 is 2.36 bits per heavy atom. The first-order valence-corrected chi connectivity index (χ1v) is 9.55. The predicted molar refractivity (Wildman–Crippen MR) is 108 cm³/mol. The molecule has 1 atom stereocenters. The maximum atomic E-state index is 12.8. The number of benzene rings is 2. The Labute approximate surface area is 171 Å². The topological polar surface area (TPSA) is 87.1 Å². The molecule has 0 spiro atoms. The summed E-state index contributed by atoms with van der Waals surface area (Å²) in [5.74, 6) is -1.53. The van der Waals surface area contributed by atoms with Crippen molar-refractivity contribution in [3.05, 3.63) is 69.7 Å². The molecule has 1 heterocycles. The molecule has 0 radical (unpaired) electrons. The summed E-state index contributed by atoms with van der Waals surface area (Å²) >= 11 is 3.34. The van der Waals surface area contributed by atoms with Crippen LogP contribution in [0.25, 0.3) is 5.76 Å². The van der Waals surface area contributed by atoms with Gasteiger partial charge in [-0.2, -0.15) is 0 Å². The molecule has 1 aliphatic heterocycles. The Kier molecular flexibility index (Phi) is 6.16. The van der Waals surface area contributed by atoms with Gasteiger partial charge in [-0.1, -0.05) is 40.2 Å². The molecule has 3 rings (SSSR count). The van der Waals surface area contributed by atoms with Gasteiger partial charge in [0.2, 0.25) is 0 Å². The normalized spacial score (nSPS) is 18.6. The highest BCUT2D eigenvalue weighted by atomic mass is 79.9. The number of ether oxygens (including phenoxy) is 1. The Morgan fingerprint density at radius 2 is 1.75 bits per heavy atom. The number of aliphatic hydroxyl groups excluding tert-OH is 1. The van der Waals surface area contributed by atoms with E-state index in [1.807, 2.05) is 0 Å². The number of carbonyl (C=O) groups excluding carboxylic acids is 2. The SMILES string of the molecule is COCCCN1C(=O)C(=O)/C(=C(\O)c2ccc(Br)cc2)C1c1ccc(O)cc1. The number of aromatic hydroxyl groups is 1. The molecule has 146 valence electrons. The number of hydrogen-bond donors (Lipinski definition) is 2. The molecule has 28 heavy (non-hydrogen) atoms. The second kappa shape index (κ2) is 8.58. The molecule has 2 aromatic rings. The van der Waals surface area contributed by atoms with Crippen molar-refractivity contribution in [2.45, 2.75) is 12.5 Å². The first-order valence-electron chi connectivity index (χ1n) is 8.76. The summed E-state index contributed by atoms with van der Waals surface area (Å²) in [6.45, 7) is 0.749. The van der Waals surface area contributed by atoms with Crippen LogP contribution in [0.2, 0.25) is 0 Å². The standard InChI is InChI=1S/C21H20BrNO5/c1-28-12-2-11-23-18(13-5-9-16(24)10-6-13)17(20(26)21(23)27)19(25)14-3-7-15(22)8-4-14/h3-10,18,24-25H,2,11-12H2,1H3/b19-17-. The average Bonchev–Trinajstić information content (AvgIpc) is 2.94. The number of phenolic OH excluding ortho intramolecular Hbond substituents is 1. The fourth-order valence-electron chi connectivity index (χ4n) is 3.26. The Hall–Kier alpha value is -2.64. The minimum atomic E-state index is -0.735. The number of Topliss-reactive ketones (excluding diaryl/α,β-unsaturated/α-hetero) is 1. The van der Waals surface area contributed by atoms with Crippen molar-refractivity contribution < 1.29 is 24.5 Å². The molecular formula is C21H20BrNO5. The van der Waals surface area contributed by atoms with Crippen LogP contribution >= 0.6 is 15.9 Å². The lowest BCUT2D eigenvalue weighted by Gasteiger charge is -2.25. The number of likely N-dealkylation sites (tertiary alicyclic amines) is 1. The van der Waals surface area contributed by atoms with Crippen LogP contribution in [0.15, 0.2) is 58.6 Å². The third-order valence-corrected chi connectivity index (χ3v) is 5.14. The highest BCUT2D eigenvalue weighted by Crippen LogP contribution is 2.39. The van der Waals surface area contributed by atoms with Crippen molar-refractivity contribution >= 4 is 33.4 Å². The summed E-state index contributed by atoms with van der Waals surface area (Å²) in [5.41, 5.74) is 1.12. The zero-order valence-electron chi connectivity index (χ0n) is 15.3. The van der Waals surface area contributed by atoms with Gasteiger partial charge in [0.25, 0.3) is 11.7 Å². The quantitative estimate of drug-likeness (QED) is 0.307. The number of methoxy groups -OCH3 is 1. The largest absolute Gasteiger partial charge is 0.508 e. The number of ketones is 1. The number of amides is 1. The van der Waals surface area contributed by atoms with E-state index in [4.69, 9.17) is 4.74 Å². The molecule has 2 aromatic carbocycles. The van der Waals surface area contributed by atoms with Crippen molar-refractivity contribution in [1.29, 1.82) is 0 Å². The van der Waals surface area contributed by atoms with E-state index in [0.717, 1.165) is 4.47 Å². The zero-order chi connectivity index (χ0) is 20.3. The first-order chi connectivity index (χ1) is 13.4. The lowest BCUT2D eigenvalue weighted by atomic mass is 9.95. The molecule has 1 aliphatic rings. The van der Waals surface area contributed by atoms with Gasteiger partial charge in [0.1, 0.15) is 11.5 Å². The summed E-state index contributed by atoms with van der Waals surface area (Å²) in [5, 5.41) is 20.5. The predicted octanol–water partition coefficient (Wildman–Crippen LogP) is 3.61. The van der Waals surface area contributed by atoms with E-state index in [9.17, 15) is 19.8 Å². The summed E-state index contributed by atoms with van der Waals surface area (Å²) < 4.78 is 5.89. The van der Waals surface area contributed by atoms with E-state index >= 15 is 0 Å². The van der Waals surface area contributed by atoms with E-state index in [2.05, 4.69) is 15.9 Å². The zero-order valence-corrected chi connectivity index (χ0v) is 16.8. The van der Waals surface area contributed by atoms with Gasteiger partial charge in [0, 0.05) is 30.3 Å². The van der Waals surface area contributed by atoms with E-state index in [-0.39, 0.29) is 17.1 Å². The number of halogens is 1. The first kappa shape index (κ1) is 20.1. The lowest BCUT2D eigenvalue weighted by Crippen LogP contribution is -2.31. The van der Waals surface area contributed by atoms with Crippen LogP contribution < -0.4 is 0 Å². The minimum absolute atomic E-state index is 0.0374. The Bertz CT molecular complexity index is 905. The molecular weight excluding hydrogens is 426 g/mol. The van der Waals surface area contributed by atoms with E-state index in [1.54, 1.807) is 43.5 Å². The number of phenols is 1. The molecule has 1 saturated heterocycles. The van der Waals surface area contributed by atoms with Crippen LogP contribution in [0.3, 0.4) is 0 Å². The van der Waals surface area contributed by atoms with Gasteiger partial charge in [0.15, 0.2) is 0 Å². The summed E-state index contributed by atoms with van der Waals surface area (Å²) in [6.07, 6.45) is 0.552. The monoisotopic (exact) mass is 445 g/mol. The van der Waals surface area contributed by atoms with E-state index in [0.29, 0.717) is 30.7 Å². The van der Waals surface area contributed by atoms with E-state index < -0.39 is 17.7 Å². The van der Waals surface area contributed by atoms with Crippen molar-refractivity contribution in [1.82, 2.24) is 4.90 Å². The molecule has 0 saturated carbocycles. The number of aliphatic hydroxyl groups is 1. The Balaban J connectivity index is 2.10. The van der Waals surface area contributed by atoms with Crippen molar-refractivity contribution in [3.8, 4) is 5.75 Å². The van der Waals surface area contributed by atoms with Gasteiger partial charge in [0.05, 0.1) is 11.6 Å².